The van der Waals surface area contributed by atoms with Gasteiger partial charge in [0.05, 0.1) is 11.1 Å². The summed E-state index contributed by atoms with van der Waals surface area (Å²) in [4.78, 5) is 0. The quantitative estimate of drug-likeness (QED) is 0.712. The van der Waals surface area contributed by atoms with Crippen molar-refractivity contribution in [3.8, 4) is 11.8 Å². The number of hydrogen-bond acceptors (Lipinski definition) is 3. The summed E-state index contributed by atoms with van der Waals surface area (Å²) < 4.78 is 6.72. The van der Waals surface area contributed by atoms with Gasteiger partial charge in [-0.25, -0.2) is 0 Å². The van der Waals surface area contributed by atoms with Crippen LogP contribution in [0.5, 0.6) is 5.75 Å². The number of rotatable bonds is 3. The second-order valence-electron chi connectivity index (χ2n) is 4.29. The third kappa shape index (κ3) is 2.47. The number of aromatic amines is 1. The minimum Gasteiger partial charge on any atom is -0.487 e. The lowest BCUT2D eigenvalue weighted by atomic mass is 10.1. The van der Waals surface area contributed by atoms with Crippen LogP contribution in [-0.2, 0) is 6.61 Å². The highest BCUT2D eigenvalue weighted by atomic mass is 127. The molecule has 0 amide bonds. The van der Waals surface area contributed by atoms with E-state index in [1.165, 1.54) is 0 Å². The van der Waals surface area contributed by atoms with Gasteiger partial charge in [0.1, 0.15) is 22.1 Å². The van der Waals surface area contributed by atoms with Crippen molar-refractivity contribution in [2.24, 2.45) is 0 Å². The van der Waals surface area contributed by atoms with E-state index in [4.69, 9.17) is 4.74 Å². The lowest BCUT2D eigenvalue weighted by Gasteiger charge is -2.08. The van der Waals surface area contributed by atoms with Crippen LogP contribution >= 0.6 is 22.6 Å². The number of nitrogens with zero attached hydrogens (tertiary/aromatic N) is 2. The van der Waals surface area contributed by atoms with Gasteiger partial charge in [0.25, 0.3) is 0 Å². The number of nitriles is 1. The van der Waals surface area contributed by atoms with Gasteiger partial charge in [0.2, 0.25) is 0 Å². The Labute approximate surface area is 129 Å². The highest BCUT2D eigenvalue weighted by Gasteiger charge is 2.10. The number of aromatic nitrogens is 2. The fraction of sp³-hybridized carbons (Fsp3) is 0.0667. The van der Waals surface area contributed by atoms with Crippen LogP contribution in [-0.4, -0.2) is 10.2 Å². The molecule has 0 saturated carbocycles. The van der Waals surface area contributed by atoms with E-state index in [1.54, 1.807) is 6.07 Å². The lowest BCUT2D eigenvalue weighted by Crippen LogP contribution is -1.97. The fourth-order valence-electron chi connectivity index (χ4n) is 1.95. The number of nitrogens with one attached hydrogen (secondary N) is 1. The van der Waals surface area contributed by atoms with Crippen molar-refractivity contribution in [3.05, 3.63) is 57.3 Å². The van der Waals surface area contributed by atoms with Crippen LogP contribution in [0, 0.1) is 15.0 Å². The van der Waals surface area contributed by atoms with Crippen LogP contribution in [0.3, 0.4) is 0 Å². The minimum absolute atomic E-state index is 0.440. The van der Waals surface area contributed by atoms with E-state index >= 15 is 0 Å². The zero-order chi connectivity index (χ0) is 13.9. The number of hydrogen-bond donors (Lipinski definition) is 1. The highest BCUT2D eigenvalue weighted by molar-refractivity contribution is 14.1. The van der Waals surface area contributed by atoms with E-state index in [1.807, 2.05) is 36.4 Å². The monoisotopic (exact) mass is 375 g/mol. The van der Waals surface area contributed by atoms with Crippen molar-refractivity contribution in [1.29, 1.82) is 5.26 Å². The van der Waals surface area contributed by atoms with Gasteiger partial charge in [0.15, 0.2) is 0 Å². The van der Waals surface area contributed by atoms with Crippen LogP contribution in [0.15, 0.2) is 42.5 Å². The Morgan fingerprint density at radius 1 is 1.25 bits per heavy atom. The van der Waals surface area contributed by atoms with Gasteiger partial charge in [-0.15, -0.1) is 0 Å². The lowest BCUT2D eigenvalue weighted by molar-refractivity contribution is 0.306. The van der Waals surface area contributed by atoms with E-state index in [2.05, 4.69) is 38.9 Å². The summed E-state index contributed by atoms with van der Waals surface area (Å²) >= 11 is 2.18. The number of H-pyrrole nitrogens is 1. The van der Waals surface area contributed by atoms with E-state index in [0.29, 0.717) is 17.9 Å². The second-order valence-corrected chi connectivity index (χ2v) is 5.37. The first-order chi connectivity index (χ1) is 9.78. The summed E-state index contributed by atoms with van der Waals surface area (Å²) in [6, 6.07) is 15.6. The highest BCUT2D eigenvalue weighted by Crippen LogP contribution is 2.27. The van der Waals surface area contributed by atoms with Crippen LogP contribution in [0.25, 0.3) is 10.9 Å². The maximum Gasteiger partial charge on any atom is 0.138 e. The summed E-state index contributed by atoms with van der Waals surface area (Å²) in [5, 5.41) is 17.2. The molecule has 0 aliphatic carbocycles. The SMILES string of the molecule is N#Cc1cc2n[nH]c(I)c2cc1OCc1ccccc1. The van der Waals surface area contributed by atoms with Crippen LogP contribution in [0.1, 0.15) is 11.1 Å². The molecule has 1 N–H and O–H groups in total. The molecule has 0 aliphatic rings. The van der Waals surface area contributed by atoms with Gasteiger partial charge in [-0.3, -0.25) is 5.10 Å². The Hall–Kier alpha value is -2.07. The Balaban J connectivity index is 1.94. The smallest absolute Gasteiger partial charge is 0.138 e. The molecule has 20 heavy (non-hydrogen) atoms. The van der Waals surface area contributed by atoms with Crippen molar-refractivity contribution in [2.75, 3.05) is 0 Å². The summed E-state index contributed by atoms with van der Waals surface area (Å²) in [6.07, 6.45) is 0. The predicted molar refractivity (Wildman–Crippen MR) is 84.3 cm³/mol. The van der Waals surface area contributed by atoms with Crippen molar-refractivity contribution in [3.63, 3.8) is 0 Å². The molecule has 0 fully saturated rings. The maximum absolute atomic E-state index is 9.21. The number of halogens is 1. The molecule has 5 heteroatoms. The molecule has 0 radical (unpaired) electrons. The average Bonchev–Trinajstić information content (AvgIpc) is 2.86. The molecule has 0 saturated heterocycles. The van der Waals surface area contributed by atoms with Crippen molar-refractivity contribution >= 4 is 33.5 Å². The van der Waals surface area contributed by atoms with E-state index in [9.17, 15) is 5.26 Å². The Morgan fingerprint density at radius 3 is 2.80 bits per heavy atom. The Morgan fingerprint density at radius 2 is 2.05 bits per heavy atom. The topological polar surface area (TPSA) is 61.7 Å². The Bertz CT molecular complexity index is 790. The van der Waals surface area contributed by atoms with Gasteiger partial charge in [-0.1, -0.05) is 30.3 Å². The first-order valence-electron chi connectivity index (χ1n) is 6.02. The number of benzene rings is 2. The van der Waals surface area contributed by atoms with Gasteiger partial charge < -0.3 is 4.74 Å². The molecule has 3 aromatic rings. The number of ether oxygens (including phenoxy) is 1. The molecular formula is C15H10IN3O. The summed E-state index contributed by atoms with van der Waals surface area (Å²) in [5.74, 6) is 0.586. The van der Waals surface area contributed by atoms with E-state index < -0.39 is 0 Å². The summed E-state index contributed by atoms with van der Waals surface area (Å²) in [5.41, 5.74) is 2.34. The largest absolute Gasteiger partial charge is 0.487 e. The van der Waals surface area contributed by atoms with Crippen molar-refractivity contribution < 1.29 is 4.74 Å². The van der Waals surface area contributed by atoms with Crippen LogP contribution in [0.2, 0.25) is 0 Å². The summed E-state index contributed by atoms with van der Waals surface area (Å²) in [7, 11) is 0. The van der Waals surface area contributed by atoms with Crippen LogP contribution < -0.4 is 4.74 Å². The third-order valence-electron chi connectivity index (χ3n) is 2.97. The zero-order valence-corrected chi connectivity index (χ0v) is 12.6. The van der Waals surface area contributed by atoms with Gasteiger partial charge in [-0.2, -0.15) is 10.4 Å². The molecule has 4 nitrogen and oxygen atoms in total. The molecule has 0 spiro atoms. The number of fused-ring (bicyclic) bond motifs is 1. The first-order valence-corrected chi connectivity index (χ1v) is 7.10. The maximum atomic E-state index is 9.21. The predicted octanol–water partition coefficient (Wildman–Crippen LogP) is 3.62. The molecule has 0 atom stereocenters. The zero-order valence-electron chi connectivity index (χ0n) is 10.4. The molecule has 98 valence electrons. The molecule has 0 bridgehead atoms. The van der Waals surface area contributed by atoms with Gasteiger partial charge in [-0.05, 0) is 40.3 Å². The molecule has 1 heterocycles. The van der Waals surface area contributed by atoms with E-state index in [-0.39, 0.29) is 0 Å². The van der Waals surface area contributed by atoms with Crippen molar-refractivity contribution in [2.45, 2.75) is 6.61 Å². The standard InChI is InChI=1S/C15H10IN3O/c16-15-12-7-14(11(8-17)6-13(12)18-19-15)20-9-10-4-2-1-3-5-10/h1-7H,9H2,(H,18,19). The van der Waals surface area contributed by atoms with Gasteiger partial charge >= 0.3 is 0 Å². The first kappa shape index (κ1) is 12.9. The molecule has 1 aromatic heterocycles. The third-order valence-corrected chi connectivity index (χ3v) is 3.79. The van der Waals surface area contributed by atoms with Crippen molar-refractivity contribution in [1.82, 2.24) is 10.2 Å². The molecule has 0 unspecified atom stereocenters. The molecular weight excluding hydrogens is 365 g/mol. The average molecular weight is 375 g/mol. The minimum atomic E-state index is 0.440. The molecule has 0 aliphatic heterocycles. The normalized spacial score (nSPS) is 10.4. The second kappa shape index (κ2) is 5.51. The Kier molecular flexibility index (Phi) is 3.56. The van der Waals surface area contributed by atoms with Crippen LogP contribution in [0.4, 0.5) is 0 Å². The summed E-state index contributed by atoms with van der Waals surface area (Å²) in [6.45, 7) is 0.440. The van der Waals surface area contributed by atoms with E-state index in [0.717, 1.165) is 20.2 Å². The molecule has 2 aromatic carbocycles. The van der Waals surface area contributed by atoms with Gasteiger partial charge in [0, 0.05) is 5.39 Å². The fourth-order valence-corrected chi connectivity index (χ4v) is 2.50. The molecule has 3 rings (SSSR count).